The van der Waals surface area contributed by atoms with Crippen LogP contribution in [-0.2, 0) is 9.53 Å². The fourth-order valence-electron chi connectivity index (χ4n) is 2.19. The second-order valence-corrected chi connectivity index (χ2v) is 5.48. The number of rotatable bonds is 7. The van der Waals surface area contributed by atoms with Gasteiger partial charge < -0.3 is 4.74 Å². The molecular formula is C16H21N3O5. The van der Waals surface area contributed by atoms with E-state index in [2.05, 4.69) is 10.5 Å². The van der Waals surface area contributed by atoms with Crippen LogP contribution in [0.5, 0.6) is 0 Å². The monoisotopic (exact) mass is 335 g/mol. The van der Waals surface area contributed by atoms with E-state index in [9.17, 15) is 19.7 Å². The van der Waals surface area contributed by atoms with Crippen LogP contribution in [0.1, 0.15) is 38.1 Å². The lowest BCUT2D eigenvalue weighted by Crippen LogP contribution is -2.31. The van der Waals surface area contributed by atoms with Gasteiger partial charge in [0, 0.05) is 23.4 Å². The summed E-state index contributed by atoms with van der Waals surface area (Å²) in [6.07, 6.45) is 0. The normalized spacial score (nSPS) is 12.6. The SMILES string of the molecule is CCOC(=O)[C@@H](/C(C)=N\NC(=O)c1cccc([N+](=O)[O-])c1)C(C)C. The van der Waals surface area contributed by atoms with E-state index in [1.807, 2.05) is 13.8 Å². The molecule has 0 aliphatic heterocycles. The molecule has 0 heterocycles. The zero-order valence-corrected chi connectivity index (χ0v) is 14.1. The number of nitrogens with zero attached hydrogens (tertiary/aromatic N) is 2. The second-order valence-electron chi connectivity index (χ2n) is 5.48. The quantitative estimate of drug-likeness (QED) is 0.356. The van der Waals surface area contributed by atoms with Gasteiger partial charge in [-0.1, -0.05) is 19.9 Å². The molecule has 0 spiro atoms. The molecule has 1 atom stereocenters. The number of nitro groups is 1. The van der Waals surface area contributed by atoms with Crippen molar-refractivity contribution in [1.82, 2.24) is 5.43 Å². The lowest BCUT2D eigenvalue weighted by atomic mass is 9.92. The molecule has 24 heavy (non-hydrogen) atoms. The zero-order chi connectivity index (χ0) is 18.3. The van der Waals surface area contributed by atoms with Crippen molar-refractivity contribution in [2.24, 2.45) is 16.9 Å². The van der Waals surface area contributed by atoms with Gasteiger partial charge in [-0.3, -0.25) is 19.7 Å². The number of benzene rings is 1. The molecule has 8 heteroatoms. The van der Waals surface area contributed by atoms with E-state index < -0.39 is 22.7 Å². The lowest BCUT2D eigenvalue weighted by Gasteiger charge is -2.18. The van der Waals surface area contributed by atoms with E-state index in [-0.39, 0.29) is 23.8 Å². The molecule has 0 bridgehead atoms. The minimum Gasteiger partial charge on any atom is -0.465 e. The van der Waals surface area contributed by atoms with Crippen molar-refractivity contribution in [3.63, 3.8) is 0 Å². The van der Waals surface area contributed by atoms with E-state index in [1.54, 1.807) is 13.8 Å². The maximum atomic E-state index is 12.1. The van der Waals surface area contributed by atoms with Gasteiger partial charge >= 0.3 is 5.97 Å². The van der Waals surface area contributed by atoms with Gasteiger partial charge in [0.1, 0.15) is 0 Å². The Morgan fingerprint density at radius 1 is 1.38 bits per heavy atom. The van der Waals surface area contributed by atoms with Gasteiger partial charge in [0.15, 0.2) is 0 Å². The molecule has 0 saturated carbocycles. The van der Waals surface area contributed by atoms with Crippen LogP contribution in [0.2, 0.25) is 0 Å². The Balaban J connectivity index is 2.89. The number of esters is 1. The van der Waals surface area contributed by atoms with Gasteiger partial charge in [-0.05, 0) is 25.8 Å². The van der Waals surface area contributed by atoms with Crippen LogP contribution in [0.15, 0.2) is 29.4 Å². The molecule has 0 aliphatic carbocycles. The van der Waals surface area contributed by atoms with Crippen LogP contribution in [0.25, 0.3) is 0 Å². The summed E-state index contributed by atoms with van der Waals surface area (Å²) in [5.41, 5.74) is 2.64. The average Bonchev–Trinajstić information content (AvgIpc) is 2.52. The van der Waals surface area contributed by atoms with Crippen molar-refractivity contribution < 1.29 is 19.2 Å². The van der Waals surface area contributed by atoms with Crippen LogP contribution in [0.4, 0.5) is 5.69 Å². The van der Waals surface area contributed by atoms with Crippen molar-refractivity contribution in [3.8, 4) is 0 Å². The molecule has 1 N–H and O–H groups in total. The molecule has 0 aromatic heterocycles. The molecule has 1 aromatic carbocycles. The van der Waals surface area contributed by atoms with Crippen LogP contribution in [0, 0.1) is 22.0 Å². The van der Waals surface area contributed by atoms with E-state index in [4.69, 9.17) is 4.74 Å². The van der Waals surface area contributed by atoms with E-state index in [1.165, 1.54) is 18.2 Å². The molecule has 0 unspecified atom stereocenters. The highest BCUT2D eigenvalue weighted by atomic mass is 16.6. The minimum absolute atomic E-state index is 0.0532. The Labute approximate surface area is 140 Å². The predicted molar refractivity (Wildman–Crippen MR) is 88.6 cm³/mol. The third-order valence-electron chi connectivity index (χ3n) is 3.31. The number of carbonyl (C=O) groups is 2. The summed E-state index contributed by atoms with van der Waals surface area (Å²) in [5.74, 6) is -1.62. The molecule has 1 amide bonds. The summed E-state index contributed by atoms with van der Waals surface area (Å²) in [6.45, 7) is 7.29. The van der Waals surface area contributed by atoms with Gasteiger partial charge in [0.2, 0.25) is 0 Å². The summed E-state index contributed by atoms with van der Waals surface area (Å²) in [5, 5.41) is 14.7. The van der Waals surface area contributed by atoms with Crippen LogP contribution in [-0.4, -0.2) is 29.1 Å². The molecule has 0 radical (unpaired) electrons. The van der Waals surface area contributed by atoms with Crippen molar-refractivity contribution >= 4 is 23.3 Å². The first-order valence-corrected chi connectivity index (χ1v) is 7.53. The van der Waals surface area contributed by atoms with Crippen LogP contribution in [0.3, 0.4) is 0 Å². The molecule has 1 aromatic rings. The van der Waals surface area contributed by atoms with Gasteiger partial charge in [0.25, 0.3) is 11.6 Å². The number of hydrogen-bond donors (Lipinski definition) is 1. The molecule has 1 rings (SSSR count). The summed E-state index contributed by atoms with van der Waals surface area (Å²) >= 11 is 0. The highest BCUT2D eigenvalue weighted by Crippen LogP contribution is 2.16. The van der Waals surface area contributed by atoms with Gasteiger partial charge in [-0.15, -0.1) is 0 Å². The van der Waals surface area contributed by atoms with Crippen LogP contribution < -0.4 is 5.43 Å². The summed E-state index contributed by atoms with van der Waals surface area (Å²) in [6, 6.07) is 5.31. The smallest absolute Gasteiger partial charge is 0.314 e. The molecule has 0 fully saturated rings. The fourth-order valence-corrected chi connectivity index (χ4v) is 2.19. The summed E-state index contributed by atoms with van der Waals surface area (Å²) in [4.78, 5) is 34.2. The first-order valence-electron chi connectivity index (χ1n) is 7.53. The number of nitro benzene ring substituents is 1. The van der Waals surface area contributed by atoms with Gasteiger partial charge in [0.05, 0.1) is 17.4 Å². The van der Waals surface area contributed by atoms with Gasteiger partial charge in [-0.25, -0.2) is 5.43 Å². The summed E-state index contributed by atoms with van der Waals surface area (Å²) < 4.78 is 5.01. The Hall–Kier alpha value is -2.77. The Kier molecular flexibility index (Phi) is 7.03. The first kappa shape index (κ1) is 19.3. The van der Waals surface area contributed by atoms with Crippen molar-refractivity contribution in [2.45, 2.75) is 27.7 Å². The Bertz CT molecular complexity index is 655. The van der Waals surface area contributed by atoms with Crippen molar-refractivity contribution in [2.75, 3.05) is 6.61 Å². The largest absolute Gasteiger partial charge is 0.465 e. The predicted octanol–water partition coefficient (Wildman–Crippen LogP) is 2.54. The number of amides is 1. The molecule has 8 nitrogen and oxygen atoms in total. The number of non-ortho nitro benzene ring substituents is 1. The fraction of sp³-hybridized carbons (Fsp3) is 0.438. The van der Waals surface area contributed by atoms with E-state index >= 15 is 0 Å². The Morgan fingerprint density at radius 3 is 2.58 bits per heavy atom. The van der Waals surface area contributed by atoms with E-state index in [0.29, 0.717) is 5.71 Å². The summed E-state index contributed by atoms with van der Waals surface area (Å²) in [7, 11) is 0. The topological polar surface area (TPSA) is 111 Å². The van der Waals surface area contributed by atoms with Crippen LogP contribution >= 0.6 is 0 Å². The highest BCUT2D eigenvalue weighted by molar-refractivity contribution is 6.02. The Morgan fingerprint density at radius 2 is 2.04 bits per heavy atom. The standard InChI is InChI=1S/C16H21N3O5/c1-5-24-16(21)14(10(2)3)11(4)17-18-15(20)12-7-6-8-13(9-12)19(22)23/h6-10,14H,5H2,1-4H3,(H,18,20)/b17-11-/t14-/m1/s1. The minimum atomic E-state index is -0.593. The zero-order valence-electron chi connectivity index (χ0n) is 14.1. The third kappa shape index (κ3) is 5.15. The lowest BCUT2D eigenvalue weighted by molar-refractivity contribution is -0.384. The number of hydrazone groups is 1. The molecule has 130 valence electrons. The second kappa shape index (κ2) is 8.76. The maximum absolute atomic E-state index is 12.1. The average molecular weight is 335 g/mol. The number of carbonyl (C=O) groups excluding carboxylic acids is 2. The molecule has 0 aliphatic rings. The number of ether oxygens (including phenoxy) is 1. The first-order chi connectivity index (χ1) is 11.3. The maximum Gasteiger partial charge on any atom is 0.314 e. The highest BCUT2D eigenvalue weighted by Gasteiger charge is 2.26. The molecule has 0 saturated heterocycles. The van der Waals surface area contributed by atoms with Crippen molar-refractivity contribution in [1.29, 1.82) is 0 Å². The third-order valence-corrected chi connectivity index (χ3v) is 3.31. The number of nitrogens with one attached hydrogen (secondary N) is 1. The van der Waals surface area contributed by atoms with E-state index in [0.717, 1.165) is 6.07 Å². The molecular weight excluding hydrogens is 314 g/mol. The number of hydrogen-bond acceptors (Lipinski definition) is 6. The van der Waals surface area contributed by atoms with Gasteiger partial charge in [-0.2, -0.15) is 5.10 Å². The van der Waals surface area contributed by atoms with Crippen molar-refractivity contribution in [3.05, 3.63) is 39.9 Å².